The molecule has 0 aliphatic carbocycles. The van der Waals surface area contributed by atoms with Gasteiger partial charge in [0.15, 0.2) is 0 Å². The largest absolute Gasteiger partial charge is 0.308 e. The molecule has 6 heteroatoms. The van der Waals surface area contributed by atoms with Crippen molar-refractivity contribution in [2.45, 2.75) is 0 Å². The molecule has 0 spiro atoms. The Morgan fingerprint density at radius 3 is 2.78 bits per heavy atom. The van der Waals surface area contributed by atoms with Crippen molar-refractivity contribution < 1.29 is 4.92 Å². The highest BCUT2D eigenvalue weighted by atomic mass is 35.5. The summed E-state index contributed by atoms with van der Waals surface area (Å²) in [5.74, 6) is 0. The van der Waals surface area contributed by atoms with Crippen LogP contribution in [0.4, 0.5) is 5.69 Å². The second-order valence-corrected chi connectivity index (χ2v) is 1.69. The zero-order valence-electron chi connectivity index (χ0n) is 4.19. The van der Waals surface area contributed by atoms with Crippen LogP contribution in [0.3, 0.4) is 0 Å². The number of hydrogen-bond donors (Lipinski definition) is 0. The minimum atomic E-state index is -0.564. The molecular weight excluding hydrogens is 146 g/mol. The standard InChI is InChI=1S/C3H2ClN3O2/c4-6-2-3(1-5-6)7(8)9/h1-2H. The zero-order chi connectivity index (χ0) is 6.85. The normalized spacial score (nSPS) is 9.44. The van der Waals surface area contributed by atoms with Gasteiger partial charge in [0.2, 0.25) is 0 Å². The predicted molar refractivity (Wildman–Crippen MR) is 30.1 cm³/mol. The molecule has 0 unspecified atom stereocenters. The van der Waals surface area contributed by atoms with Gasteiger partial charge < -0.3 is 0 Å². The number of hydrogen-bond acceptors (Lipinski definition) is 3. The van der Waals surface area contributed by atoms with E-state index in [0.29, 0.717) is 0 Å². The van der Waals surface area contributed by atoms with Crippen molar-refractivity contribution in [2.24, 2.45) is 0 Å². The summed E-state index contributed by atoms with van der Waals surface area (Å²) < 4.78 is 0.859. The topological polar surface area (TPSA) is 61.0 Å². The Balaban J connectivity index is 2.98. The van der Waals surface area contributed by atoms with Crippen LogP contribution < -0.4 is 0 Å². The Hall–Kier alpha value is -1.10. The maximum absolute atomic E-state index is 9.91. The minimum Gasteiger partial charge on any atom is -0.258 e. The van der Waals surface area contributed by atoms with Crippen molar-refractivity contribution in [1.29, 1.82) is 0 Å². The first-order valence-corrected chi connectivity index (χ1v) is 2.39. The quantitative estimate of drug-likeness (QED) is 0.436. The molecule has 1 aromatic rings. The molecule has 0 radical (unpaired) electrons. The summed E-state index contributed by atoms with van der Waals surface area (Å²) in [5, 5.41) is 13.3. The van der Waals surface area contributed by atoms with Gasteiger partial charge in [0.25, 0.3) is 0 Å². The van der Waals surface area contributed by atoms with Crippen LogP contribution in [0.15, 0.2) is 12.4 Å². The summed E-state index contributed by atoms with van der Waals surface area (Å²) in [5.41, 5.74) is -0.106. The summed E-state index contributed by atoms with van der Waals surface area (Å²) in [7, 11) is 0. The van der Waals surface area contributed by atoms with Crippen LogP contribution >= 0.6 is 11.8 Å². The molecule has 0 aliphatic heterocycles. The lowest BCUT2D eigenvalue weighted by molar-refractivity contribution is -0.384. The van der Waals surface area contributed by atoms with Crippen LogP contribution in [0.2, 0.25) is 0 Å². The van der Waals surface area contributed by atoms with Crippen LogP contribution in [-0.4, -0.2) is 14.2 Å². The van der Waals surface area contributed by atoms with E-state index in [4.69, 9.17) is 11.8 Å². The van der Waals surface area contributed by atoms with Gasteiger partial charge in [-0.05, 0) is 0 Å². The van der Waals surface area contributed by atoms with Crippen molar-refractivity contribution >= 4 is 17.5 Å². The Morgan fingerprint density at radius 1 is 1.89 bits per heavy atom. The molecule has 1 heterocycles. The lowest BCUT2D eigenvalue weighted by atomic mass is 10.6. The summed E-state index contributed by atoms with van der Waals surface area (Å²) in [4.78, 5) is 9.34. The van der Waals surface area contributed by atoms with E-state index in [2.05, 4.69) is 5.10 Å². The molecule has 1 rings (SSSR count). The molecule has 48 valence electrons. The lowest BCUT2D eigenvalue weighted by Gasteiger charge is -1.77. The van der Waals surface area contributed by atoms with Crippen molar-refractivity contribution in [3.05, 3.63) is 22.5 Å². The van der Waals surface area contributed by atoms with Crippen LogP contribution in [0, 0.1) is 10.1 Å². The van der Waals surface area contributed by atoms with E-state index in [1.807, 2.05) is 0 Å². The number of nitro groups is 1. The fourth-order valence-corrected chi connectivity index (χ4v) is 0.528. The molecule has 5 nitrogen and oxygen atoms in total. The summed E-state index contributed by atoms with van der Waals surface area (Å²) in [6.07, 6.45) is 2.19. The Labute approximate surface area is 55.1 Å². The van der Waals surface area contributed by atoms with Crippen LogP contribution in [0.5, 0.6) is 0 Å². The van der Waals surface area contributed by atoms with E-state index in [1.54, 1.807) is 0 Å². The van der Waals surface area contributed by atoms with Gasteiger partial charge in [-0.25, -0.2) is 0 Å². The first-order chi connectivity index (χ1) is 4.20. The van der Waals surface area contributed by atoms with Crippen molar-refractivity contribution in [2.75, 3.05) is 0 Å². The maximum Gasteiger partial charge on any atom is 0.308 e. The van der Waals surface area contributed by atoms with E-state index >= 15 is 0 Å². The van der Waals surface area contributed by atoms with Crippen LogP contribution in [-0.2, 0) is 0 Å². The third-order valence-electron chi connectivity index (χ3n) is 0.750. The van der Waals surface area contributed by atoms with E-state index in [0.717, 1.165) is 16.6 Å². The van der Waals surface area contributed by atoms with Crippen molar-refractivity contribution in [3.63, 3.8) is 0 Å². The first kappa shape index (κ1) is 6.03. The highest BCUT2D eigenvalue weighted by Gasteiger charge is 2.06. The van der Waals surface area contributed by atoms with Crippen LogP contribution in [0.1, 0.15) is 0 Å². The second-order valence-electron chi connectivity index (χ2n) is 1.34. The summed E-state index contributed by atoms with van der Waals surface area (Å²) in [6, 6.07) is 0. The molecule has 0 saturated carbocycles. The van der Waals surface area contributed by atoms with Crippen molar-refractivity contribution in [1.82, 2.24) is 9.30 Å². The molecule has 0 N–H and O–H groups in total. The van der Waals surface area contributed by atoms with Gasteiger partial charge in [-0.2, -0.15) is 9.30 Å². The highest BCUT2D eigenvalue weighted by Crippen LogP contribution is 2.07. The third-order valence-corrected chi connectivity index (χ3v) is 0.935. The smallest absolute Gasteiger partial charge is 0.258 e. The average Bonchev–Trinajstić information content (AvgIpc) is 2.14. The van der Waals surface area contributed by atoms with E-state index in [-0.39, 0.29) is 5.69 Å². The third kappa shape index (κ3) is 1.17. The highest BCUT2D eigenvalue weighted by molar-refractivity contribution is 6.14. The van der Waals surface area contributed by atoms with Crippen molar-refractivity contribution in [3.8, 4) is 0 Å². The number of halogens is 1. The summed E-state index contributed by atoms with van der Waals surface area (Å²) in [6.45, 7) is 0. The van der Waals surface area contributed by atoms with Gasteiger partial charge in [0.05, 0.1) is 4.92 Å². The number of nitrogens with zero attached hydrogens (tertiary/aromatic N) is 3. The molecule has 0 fully saturated rings. The fourth-order valence-electron chi connectivity index (χ4n) is 0.384. The lowest BCUT2D eigenvalue weighted by Crippen LogP contribution is -1.83. The SMILES string of the molecule is O=[N+]([O-])c1cnn(Cl)c1. The van der Waals surface area contributed by atoms with E-state index in [9.17, 15) is 10.1 Å². The van der Waals surface area contributed by atoms with Gasteiger partial charge in [-0.3, -0.25) is 10.1 Å². The molecular formula is C3H2ClN3O2. The van der Waals surface area contributed by atoms with Crippen LogP contribution in [0.25, 0.3) is 0 Å². The Bertz CT molecular complexity index is 233. The second kappa shape index (κ2) is 2.02. The molecule has 0 amide bonds. The first-order valence-electron chi connectivity index (χ1n) is 2.05. The van der Waals surface area contributed by atoms with Gasteiger partial charge >= 0.3 is 5.69 Å². The monoisotopic (exact) mass is 147 g/mol. The summed E-state index contributed by atoms with van der Waals surface area (Å²) >= 11 is 5.21. The maximum atomic E-state index is 9.91. The molecule has 0 bridgehead atoms. The molecule has 0 aliphatic rings. The van der Waals surface area contributed by atoms with Gasteiger partial charge in [0, 0.05) is 11.8 Å². The van der Waals surface area contributed by atoms with E-state index in [1.165, 1.54) is 0 Å². The minimum absolute atomic E-state index is 0.106. The Kier molecular flexibility index (Phi) is 1.35. The predicted octanol–water partition coefficient (Wildman–Crippen LogP) is 0.793. The molecule has 1 aromatic heterocycles. The van der Waals surface area contributed by atoms with Gasteiger partial charge in [0.1, 0.15) is 12.4 Å². The van der Waals surface area contributed by atoms with Gasteiger partial charge in [-0.15, -0.1) is 0 Å². The number of aromatic nitrogens is 2. The van der Waals surface area contributed by atoms with Gasteiger partial charge in [-0.1, -0.05) is 0 Å². The average molecular weight is 148 g/mol. The zero-order valence-corrected chi connectivity index (χ0v) is 4.95. The number of rotatable bonds is 1. The molecule has 0 aromatic carbocycles. The molecule has 0 saturated heterocycles. The van der Waals surface area contributed by atoms with E-state index < -0.39 is 4.92 Å². The Morgan fingerprint density at radius 2 is 2.56 bits per heavy atom. The fraction of sp³-hybridized carbons (Fsp3) is 0. The molecule has 9 heavy (non-hydrogen) atoms. The molecule has 0 atom stereocenters.